The van der Waals surface area contributed by atoms with E-state index in [1.165, 1.54) is 6.07 Å². The molecule has 0 saturated carbocycles. The van der Waals surface area contributed by atoms with Crippen molar-refractivity contribution in [1.29, 1.82) is 0 Å². The van der Waals surface area contributed by atoms with E-state index in [0.717, 1.165) is 16.0 Å². The highest BCUT2D eigenvalue weighted by Gasteiger charge is 2.13. The third-order valence-electron chi connectivity index (χ3n) is 2.56. The summed E-state index contributed by atoms with van der Waals surface area (Å²) < 4.78 is 0.501. The van der Waals surface area contributed by atoms with Crippen molar-refractivity contribution in [2.45, 2.75) is 4.90 Å². The summed E-state index contributed by atoms with van der Waals surface area (Å²) in [6, 6.07) is 13.1. The smallest absolute Gasteiger partial charge is 0.258 e. The topological polar surface area (TPSA) is 43.1 Å². The van der Waals surface area contributed by atoms with Crippen LogP contribution < -0.4 is 0 Å². The molecule has 5 heteroatoms. The largest absolute Gasteiger partial charge is 0.283 e. The fraction of sp³-hybridized carbons (Fsp3) is 0.0769. The van der Waals surface area contributed by atoms with Gasteiger partial charge in [0, 0.05) is 11.0 Å². The molecule has 0 aliphatic rings. The van der Waals surface area contributed by atoms with E-state index in [1.807, 2.05) is 30.5 Å². The summed E-state index contributed by atoms with van der Waals surface area (Å²) >= 11 is 4.90. The minimum atomic E-state index is -0.395. The van der Waals surface area contributed by atoms with Crippen molar-refractivity contribution in [3.63, 3.8) is 0 Å². The van der Waals surface area contributed by atoms with Crippen LogP contribution in [-0.2, 0) is 0 Å². The Bertz CT molecular complexity index is 601. The molecular weight excluding hydrogens is 314 g/mol. The molecule has 18 heavy (non-hydrogen) atoms. The molecule has 0 bridgehead atoms. The molecule has 0 atom stereocenters. The Morgan fingerprint density at radius 1 is 1.22 bits per heavy atom. The molecule has 0 amide bonds. The summed E-state index contributed by atoms with van der Waals surface area (Å²) in [5.74, 6) is 0. The highest BCUT2D eigenvalue weighted by Crippen LogP contribution is 2.34. The molecule has 0 aliphatic carbocycles. The fourth-order valence-corrected chi connectivity index (χ4v) is 2.85. The first-order chi connectivity index (χ1) is 8.63. The second-order valence-corrected chi connectivity index (χ2v) is 5.33. The maximum absolute atomic E-state index is 10.8. The molecule has 0 heterocycles. The van der Waals surface area contributed by atoms with Crippen LogP contribution in [0.1, 0.15) is 0 Å². The van der Waals surface area contributed by atoms with Gasteiger partial charge in [-0.25, -0.2) is 0 Å². The van der Waals surface area contributed by atoms with E-state index < -0.39 is 4.92 Å². The van der Waals surface area contributed by atoms with Crippen LogP contribution in [0.15, 0.2) is 51.8 Å². The molecule has 92 valence electrons. The molecule has 2 rings (SSSR count). The van der Waals surface area contributed by atoms with E-state index in [-0.39, 0.29) is 5.69 Å². The van der Waals surface area contributed by atoms with Gasteiger partial charge in [0.25, 0.3) is 5.69 Å². The van der Waals surface area contributed by atoms with Gasteiger partial charge in [-0.2, -0.15) is 0 Å². The van der Waals surface area contributed by atoms with Crippen LogP contribution in [0.2, 0.25) is 0 Å². The van der Waals surface area contributed by atoms with Gasteiger partial charge in [-0.15, -0.1) is 11.8 Å². The van der Waals surface area contributed by atoms with E-state index in [0.29, 0.717) is 4.47 Å². The second-order valence-electron chi connectivity index (χ2n) is 3.62. The van der Waals surface area contributed by atoms with Gasteiger partial charge in [0.1, 0.15) is 0 Å². The molecule has 2 aromatic rings. The van der Waals surface area contributed by atoms with Gasteiger partial charge in [-0.3, -0.25) is 10.1 Å². The molecular formula is C13H10BrNO2S. The first-order valence-corrected chi connectivity index (χ1v) is 7.22. The lowest BCUT2D eigenvalue weighted by atomic mass is 10.1. The van der Waals surface area contributed by atoms with Crippen LogP contribution in [0, 0.1) is 10.1 Å². The molecule has 0 spiro atoms. The maximum Gasteiger partial charge on any atom is 0.283 e. The SMILES string of the molecule is CSc1ccccc1-c1ccc([N+](=O)[O-])c(Br)c1. The number of thioether (sulfide) groups is 1. The summed E-state index contributed by atoms with van der Waals surface area (Å²) in [4.78, 5) is 11.5. The lowest BCUT2D eigenvalue weighted by Crippen LogP contribution is -1.90. The third-order valence-corrected chi connectivity index (χ3v) is 3.99. The number of hydrogen-bond acceptors (Lipinski definition) is 3. The number of nitro groups is 1. The zero-order chi connectivity index (χ0) is 13.1. The molecule has 0 aromatic heterocycles. The van der Waals surface area contributed by atoms with Crippen molar-refractivity contribution in [3.05, 3.63) is 57.1 Å². The zero-order valence-corrected chi connectivity index (χ0v) is 12.0. The van der Waals surface area contributed by atoms with Crippen LogP contribution in [-0.4, -0.2) is 11.2 Å². The lowest BCUT2D eigenvalue weighted by Gasteiger charge is -2.07. The Balaban J connectivity index is 2.52. The fourth-order valence-electron chi connectivity index (χ4n) is 1.71. The van der Waals surface area contributed by atoms with Crippen molar-refractivity contribution >= 4 is 33.4 Å². The molecule has 0 fully saturated rings. The lowest BCUT2D eigenvalue weighted by molar-refractivity contribution is -0.385. The highest BCUT2D eigenvalue weighted by atomic mass is 79.9. The maximum atomic E-state index is 10.8. The minimum absolute atomic E-state index is 0.0837. The first-order valence-electron chi connectivity index (χ1n) is 5.21. The van der Waals surface area contributed by atoms with E-state index in [2.05, 4.69) is 15.9 Å². The molecule has 0 unspecified atom stereocenters. The predicted molar refractivity (Wildman–Crippen MR) is 78.0 cm³/mol. The number of hydrogen-bond donors (Lipinski definition) is 0. The Morgan fingerprint density at radius 3 is 2.56 bits per heavy atom. The minimum Gasteiger partial charge on any atom is -0.258 e. The van der Waals surface area contributed by atoms with Gasteiger partial charge >= 0.3 is 0 Å². The average molecular weight is 324 g/mol. The first kappa shape index (κ1) is 13.1. The van der Waals surface area contributed by atoms with Gasteiger partial charge in [-0.1, -0.05) is 18.2 Å². The summed E-state index contributed by atoms with van der Waals surface area (Å²) in [6.45, 7) is 0. The summed E-state index contributed by atoms with van der Waals surface area (Å²) in [6.07, 6.45) is 2.01. The highest BCUT2D eigenvalue weighted by molar-refractivity contribution is 9.10. The number of benzene rings is 2. The molecule has 0 saturated heterocycles. The van der Waals surface area contributed by atoms with Gasteiger partial charge in [0.2, 0.25) is 0 Å². The Kier molecular flexibility index (Phi) is 4.04. The van der Waals surface area contributed by atoms with E-state index in [9.17, 15) is 10.1 Å². The van der Waals surface area contributed by atoms with Crippen molar-refractivity contribution in [3.8, 4) is 11.1 Å². The predicted octanol–water partition coefficient (Wildman–Crippen LogP) is 4.75. The van der Waals surface area contributed by atoms with Gasteiger partial charge in [-0.05, 0) is 51.5 Å². The third kappa shape index (κ3) is 2.57. The molecule has 2 aromatic carbocycles. The van der Waals surface area contributed by atoms with Crippen LogP contribution in [0.25, 0.3) is 11.1 Å². The summed E-state index contributed by atoms with van der Waals surface area (Å²) in [5.41, 5.74) is 2.14. The van der Waals surface area contributed by atoms with Crippen LogP contribution >= 0.6 is 27.7 Å². The van der Waals surface area contributed by atoms with E-state index >= 15 is 0 Å². The van der Waals surface area contributed by atoms with Crippen molar-refractivity contribution < 1.29 is 4.92 Å². The Hall–Kier alpha value is -1.33. The van der Waals surface area contributed by atoms with Gasteiger partial charge < -0.3 is 0 Å². The van der Waals surface area contributed by atoms with E-state index in [1.54, 1.807) is 23.9 Å². The van der Waals surface area contributed by atoms with Crippen molar-refractivity contribution in [1.82, 2.24) is 0 Å². The normalized spacial score (nSPS) is 10.3. The Labute approximate surface area is 117 Å². The van der Waals surface area contributed by atoms with E-state index in [4.69, 9.17) is 0 Å². The van der Waals surface area contributed by atoms with Gasteiger partial charge in [0.05, 0.1) is 9.40 Å². The number of rotatable bonds is 3. The summed E-state index contributed by atoms with van der Waals surface area (Å²) in [5, 5.41) is 10.8. The monoisotopic (exact) mass is 323 g/mol. The summed E-state index contributed by atoms with van der Waals surface area (Å²) in [7, 11) is 0. The number of nitrogens with zero attached hydrogens (tertiary/aromatic N) is 1. The quantitative estimate of drug-likeness (QED) is 0.465. The van der Waals surface area contributed by atoms with Crippen LogP contribution in [0.5, 0.6) is 0 Å². The molecule has 0 aliphatic heterocycles. The molecule has 0 radical (unpaired) electrons. The van der Waals surface area contributed by atoms with Crippen molar-refractivity contribution in [2.24, 2.45) is 0 Å². The Morgan fingerprint density at radius 2 is 1.94 bits per heavy atom. The van der Waals surface area contributed by atoms with Crippen LogP contribution in [0.3, 0.4) is 0 Å². The van der Waals surface area contributed by atoms with Crippen molar-refractivity contribution in [2.75, 3.05) is 6.26 Å². The standard InChI is InChI=1S/C13H10BrNO2S/c1-18-13-5-3-2-4-10(13)9-6-7-12(15(16)17)11(14)8-9/h2-8H,1H3. The second kappa shape index (κ2) is 5.54. The van der Waals surface area contributed by atoms with Gasteiger partial charge in [0.15, 0.2) is 0 Å². The molecule has 3 nitrogen and oxygen atoms in total. The number of halogens is 1. The average Bonchev–Trinajstić information content (AvgIpc) is 2.38. The van der Waals surface area contributed by atoms with Crippen LogP contribution in [0.4, 0.5) is 5.69 Å². The zero-order valence-electron chi connectivity index (χ0n) is 9.59. The molecule has 0 N–H and O–H groups in total. The number of nitro benzene ring substituents is 1.